The largest absolute Gasteiger partial charge is 0.289 e. The zero-order chi connectivity index (χ0) is 11.0. The van der Waals surface area contributed by atoms with E-state index < -0.39 is 0 Å². The van der Waals surface area contributed by atoms with E-state index in [2.05, 4.69) is 0 Å². The van der Waals surface area contributed by atoms with Gasteiger partial charge in [-0.3, -0.25) is 4.79 Å². The molecule has 1 heteroatoms. The standard InChI is InChI=1S/C15H10O/c16-15-13-7-3-4-8-14(15)10-12-6-2-1-5-11(12)9-13/h1-10H. The fourth-order valence-electron chi connectivity index (χ4n) is 1.97. The van der Waals surface area contributed by atoms with Crippen LogP contribution in [0.3, 0.4) is 0 Å². The second kappa shape index (κ2) is 3.46. The van der Waals surface area contributed by atoms with Crippen molar-refractivity contribution >= 4 is 21.5 Å². The third-order valence-corrected chi connectivity index (χ3v) is 2.81. The summed E-state index contributed by atoms with van der Waals surface area (Å²) >= 11 is 0. The molecule has 3 aromatic rings. The lowest BCUT2D eigenvalue weighted by atomic mass is 10.2. The van der Waals surface area contributed by atoms with E-state index in [4.69, 9.17) is 0 Å². The van der Waals surface area contributed by atoms with E-state index in [-0.39, 0.29) is 5.43 Å². The summed E-state index contributed by atoms with van der Waals surface area (Å²) in [5.41, 5.74) is 0.0983. The van der Waals surface area contributed by atoms with E-state index in [1.165, 1.54) is 0 Å². The highest BCUT2D eigenvalue weighted by atomic mass is 16.1. The minimum atomic E-state index is 0.0983. The van der Waals surface area contributed by atoms with Gasteiger partial charge in [-0.2, -0.15) is 0 Å². The molecule has 0 amide bonds. The molecule has 0 radical (unpaired) electrons. The molecular weight excluding hydrogens is 196 g/mol. The number of rotatable bonds is 0. The number of hydrogen-bond donors (Lipinski definition) is 0. The van der Waals surface area contributed by atoms with Crippen LogP contribution in [0.1, 0.15) is 0 Å². The van der Waals surface area contributed by atoms with Crippen LogP contribution in [-0.2, 0) is 0 Å². The first-order chi connectivity index (χ1) is 7.84. The van der Waals surface area contributed by atoms with Crippen LogP contribution in [0.2, 0.25) is 0 Å². The lowest BCUT2D eigenvalue weighted by Crippen LogP contribution is -1.94. The fourth-order valence-corrected chi connectivity index (χ4v) is 1.97. The molecule has 0 unspecified atom stereocenters. The molecular formula is C15H10O. The van der Waals surface area contributed by atoms with Gasteiger partial charge >= 0.3 is 0 Å². The Bertz CT molecular complexity index is 668. The molecule has 0 aliphatic rings. The van der Waals surface area contributed by atoms with E-state index in [1.54, 1.807) is 0 Å². The molecule has 0 heterocycles. The molecule has 0 aliphatic carbocycles. The van der Waals surface area contributed by atoms with Crippen molar-refractivity contribution in [3.63, 3.8) is 0 Å². The van der Waals surface area contributed by atoms with Gasteiger partial charge in [-0.25, -0.2) is 0 Å². The monoisotopic (exact) mass is 206 g/mol. The molecule has 3 aromatic carbocycles. The summed E-state index contributed by atoms with van der Waals surface area (Å²) < 4.78 is 0. The van der Waals surface area contributed by atoms with E-state index >= 15 is 0 Å². The van der Waals surface area contributed by atoms with Crippen LogP contribution in [0.15, 0.2) is 65.5 Å². The van der Waals surface area contributed by atoms with E-state index in [0.717, 1.165) is 21.5 Å². The molecule has 0 aromatic heterocycles. The van der Waals surface area contributed by atoms with E-state index in [9.17, 15) is 4.79 Å². The molecule has 0 fully saturated rings. The zero-order valence-electron chi connectivity index (χ0n) is 8.68. The Hall–Kier alpha value is -2.15. The normalized spacial score (nSPS) is 10.8. The van der Waals surface area contributed by atoms with Gasteiger partial charge in [0.2, 0.25) is 0 Å². The van der Waals surface area contributed by atoms with Crippen molar-refractivity contribution in [1.82, 2.24) is 0 Å². The highest BCUT2D eigenvalue weighted by Crippen LogP contribution is 2.15. The van der Waals surface area contributed by atoms with Crippen LogP contribution in [0.4, 0.5) is 0 Å². The molecule has 0 spiro atoms. The third kappa shape index (κ3) is 1.38. The smallest absolute Gasteiger partial charge is 0.193 e. The van der Waals surface area contributed by atoms with Crippen molar-refractivity contribution in [2.75, 3.05) is 0 Å². The number of benzene rings is 1. The molecule has 2 bridgehead atoms. The fraction of sp³-hybridized carbons (Fsp3) is 0. The molecule has 0 saturated carbocycles. The van der Waals surface area contributed by atoms with Crippen molar-refractivity contribution < 1.29 is 0 Å². The molecule has 3 rings (SSSR count). The van der Waals surface area contributed by atoms with E-state index in [1.807, 2.05) is 60.7 Å². The predicted octanol–water partition coefficient (Wildman–Crippen LogP) is 3.35. The molecule has 16 heavy (non-hydrogen) atoms. The Kier molecular flexibility index (Phi) is 1.97. The van der Waals surface area contributed by atoms with Gasteiger partial charge in [-0.05, 0) is 22.9 Å². The lowest BCUT2D eigenvalue weighted by molar-refractivity contribution is 1.82. The number of hydrogen-bond acceptors (Lipinski definition) is 1. The number of fused-ring (bicyclic) bond motifs is 3. The summed E-state index contributed by atoms with van der Waals surface area (Å²) in [4.78, 5) is 12.1. The molecule has 0 saturated heterocycles. The quantitative estimate of drug-likeness (QED) is 0.551. The summed E-state index contributed by atoms with van der Waals surface area (Å²) in [6.07, 6.45) is 0. The van der Waals surface area contributed by atoms with Crippen LogP contribution in [0.5, 0.6) is 0 Å². The van der Waals surface area contributed by atoms with Gasteiger partial charge in [-0.1, -0.05) is 48.5 Å². The Balaban J connectivity index is 2.70. The minimum absolute atomic E-state index is 0.0983. The topological polar surface area (TPSA) is 17.1 Å². The van der Waals surface area contributed by atoms with Crippen molar-refractivity contribution in [1.29, 1.82) is 0 Å². The Morgan fingerprint density at radius 1 is 0.562 bits per heavy atom. The highest BCUT2D eigenvalue weighted by Gasteiger charge is 1.97. The van der Waals surface area contributed by atoms with E-state index in [0.29, 0.717) is 0 Å². The first-order valence-corrected chi connectivity index (χ1v) is 5.26. The maximum absolute atomic E-state index is 12.1. The molecule has 0 N–H and O–H groups in total. The van der Waals surface area contributed by atoms with Crippen molar-refractivity contribution in [2.45, 2.75) is 0 Å². The van der Waals surface area contributed by atoms with Gasteiger partial charge in [0.15, 0.2) is 5.43 Å². The van der Waals surface area contributed by atoms with Crippen LogP contribution in [0.25, 0.3) is 21.5 Å². The van der Waals surface area contributed by atoms with Crippen LogP contribution in [-0.4, -0.2) is 0 Å². The SMILES string of the molecule is O=c1c2ccccc1cc1ccccc1c2. The van der Waals surface area contributed by atoms with Crippen LogP contribution >= 0.6 is 0 Å². The van der Waals surface area contributed by atoms with Crippen molar-refractivity contribution in [3.8, 4) is 0 Å². The molecule has 0 atom stereocenters. The summed E-state index contributed by atoms with van der Waals surface area (Å²) in [5.74, 6) is 0. The second-order valence-corrected chi connectivity index (χ2v) is 3.88. The van der Waals surface area contributed by atoms with Crippen molar-refractivity contribution in [3.05, 3.63) is 70.9 Å². The first-order valence-electron chi connectivity index (χ1n) is 5.26. The van der Waals surface area contributed by atoms with Gasteiger partial charge in [0.25, 0.3) is 0 Å². The van der Waals surface area contributed by atoms with Gasteiger partial charge in [0.1, 0.15) is 0 Å². The van der Waals surface area contributed by atoms with Gasteiger partial charge in [0.05, 0.1) is 0 Å². The van der Waals surface area contributed by atoms with Crippen molar-refractivity contribution in [2.24, 2.45) is 0 Å². The minimum Gasteiger partial charge on any atom is -0.289 e. The Labute approximate surface area is 93.0 Å². The highest BCUT2D eigenvalue weighted by molar-refractivity contribution is 5.90. The Morgan fingerprint density at radius 3 is 1.38 bits per heavy atom. The molecule has 0 aliphatic heterocycles. The average Bonchev–Trinajstić information content (AvgIpc) is 2.55. The summed E-state index contributed by atoms with van der Waals surface area (Å²) in [7, 11) is 0. The van der Waals surface area contributed by atoms with Crippen LogP contribution < -0.4 is 5.43 Å². The van der Waals surface area contributed by atoms with Crippen LogP contribution in [0, 0.1) is 0 Å². The third-order valence-electron chi connectivity index (χ3n) is 2.81. The average molecular weight is 206 g/mol. The first kappa shape index (κ1) is 9.10. The zero-order valence-corrected chi connectivity index (χ0v) is 8.68. The second-order valence-electron chi connectivity index (χ2n) is 3.88. The summed E-state index contributed by atoms with van der Waals surface area (Å²) in [5, 5.41) is 3.70. The summed E-state index contributed by atoms with van der Waals surface area (Å²) in [6, 6.07) is 19.5. The van der Waals surface area contributed by atoms with Gasteiger partial charge < -0.3 is 0 Å². The molecule has 76 valence electrons. The molecule has 1 nitrogen and oxygen atoms in total. The maximum Gasteiger partial charge on any atom is 0.193 e. The van der Waals surface area contributed by atoms with Gasteiger partial charge in [0, 0.05) is 10.8 Å². The predicted molar refractivity (Wildman–Crippen MR) is 67.7 cm³/mol. The lowest BCUT2D eigenvalue weighted by Gasteiger charge is -1.89. The van der Waals surface area contributed by atoms with Gasteiger partial charge in [-0.15, -0.1) is 0 Å². The maximum atomic E-state index is 12.1. The summed E-state index contributed by atoms with van der Waals surface area (Å²) in [6.45, 7) is 0. The Morgan fingerprint density at radius 2 is 0.938 bits per heavy atom.